The Morgan fingerprint density at radius 2 is 2.00 bits per heavy atom. The second-order valence-electron chi connectivity index (χ2n) is 7.73. The van der Waals surface area contributed by atoms with Crippen molar-refractivity contribution >= 4 is 23.0 Å². The molecule has 1 fully saturated rings. The van der Waals surface area contributed by atoms with Crippen LogP contribution in [0.1, 0.15) is 31.4 Å². The minimum atomic E-state index is 0.0611. The smallest absolute Gasteiger partial charge is 0.281 e. The number of nitrogens with two attached hydrogens (primary N) is 1. The summed E-state index contributed by atoms with van der Waals surface area (Å²) < 4.78 is 0.0611. The number of nitrogens with zero attached hydrogens (tertiary/aromatic N) is 3. The fourth-order valence-electron chi connectivity index (χ4n) is 4.50. The highest BCUT2D eigenvalue weighted by Gasteiger charge is 2.46. The van der Waals surface area contributed by atoms with Gasteiger partial charge in [0, 0.05) is 23.4 Å². The number of H-pyrrole nitrogens is 1. The van der Waals surface area contributed by atoms with Gasteiger partial charge in [0.05, 0.1) is 12.4 Å². The van der Waals surface area contributed by atoms with Crippen LogP contribution in [0, 0.1) is 11.8 Å². The molecule has 3 aliphatic rings. The Hall–Kier alpha value is -2.54. The van der Waals surface area contributed by atoms with Gasteiger partial charge in [-0.15, -0.1) is 4.59 Å². The van der Waals surface area contributed by atoms with Crippen molar-refractivity contribution in [3.63, 3.8) is 0 Å². The summed E-state index contributed by atoms with van der Waals surface area (Å²) in [7, 11) is 0. The molecule has 138 valence electrons. The Morgan fingerprint density at radius 3 is 2.78 bits per heavy atom. The molecule has 1 aliphatic carbocycles. The van der Waals surface area contributed by atoms with Gasteiger partial charge in [0.15, 0.2) is 0 Å². The van der Waals surface area contributed by atoms with E-state index in [1.165, 1.54) is 0 Å². The molecule has 0 radical (unpaired) electrons. The van der Waals surface area contributed by atoms with Gasteiger partial charge in [0.1, 0.15) is 17.6 Å². The number of aliphatic imine (C=N–C) groups is 2. The quantitative estimate of drug-likeness (QED) is 0.578. The van der Waals surface area contributed by atoms with E-state index in [0.29, 0.717) is 11.8 Å². The number of rotatable bonds is 3. The van der Waals surface area contributed by atoms with Crippen LogP contribution in [0.25, 0.3) is 10.9 Å². The first-order valence-corrected chi connectivity index (χ1v) is 9.60. The van der Waals surface area contributed by atoms with Crippen molar-refractivity contribution in [2.45, 2.75) is 25.7 Å². The van der Waals surface area contributed by atoms with Gasteiger partial charge >= 0.3 is 0 Å². The molecule has 6 heteroatoms. The van der Waals surface area contributed by atoms with E-state index in [9.17, 15) is 5.11 Å². The van der Waals surface area contributed by atoms with Gasteiger partial charge in [-0.1, -0.05) is 18.2 Å². The third-order valence-corrected chi connectivity index (χ3v) is 6.09. The normalized spacial score (nSPS) is 30.1. The maximum absolute atomic E-state index is 9.43. The molecule has 1 aromatic carbocycles. The second-order valence-corrected chi connectivity index (χ2v) is 7.73. The second kappa shape index (κ2) is 6.27. The lowest BCUT2D eigenvalue weighted by molar-refractivity contribution is -0.750. The molecule has 1 atom stereocenters. The minimum absolute atomic E-state index is 0.0611. The van der Waals surface area contributed by atoms with E-state index in [0.717, 1.165) is 59.5 Å². The van der Waals surface area contributed by atoms with Crippen LogP contribution in [0.3, 0.4) is 0 Å². The van der Waals surface area contributed by atoms with Crippen LogP contribution in [0.4, 0.5) is 0 Å². The Balaban J connectivity index is 1.56. The Morgan fingerprint density at radius 1 is 1.19 bits per heavy atom. The van der Waals surface area contributed by atoms with E-state index in [2.05, 4.69) is 28.2 Å². The van der Waals surface area contributed by atoms with Crippen LogP contribution in [0.2, 0.25) is 0 Å². The lowest BCUT2D eigenvalue weighted by atomic mass is 9.80. The lowest BCUT2D eigenvalue weighted by Crippen LogP contribution is -2.53. The van der Waals surface area contributed by atoms with Gasteiger partial charge < -0.3 is 10.1 Å². The highest BCUT2D eigenvalue weighted by Crippen LogP contribution is 2.41. The van der Waals surface area contributed by atoms with Crippen LogP contribution >= 0.6 is 0 Å². The SMILES string of the molecule is N[N+]12C=CN=CC1=C(C1CCC(CO)CC1)N=C2c1cc2ccccc2[nH]1. The molecule has 27 heavy (non-hydrogen) atoms. The minimum Gasteiger partial charge on any atom is -0.396 e. The first-order chi connectivity index (χ1) is 13.2. The molecule has 2 aliphatic heterocycles. The molecule has 2 aromatic rings. The Labute approximate surface area is 158 Å². The van der Waals surface area contributed by atoms with E-state index in [1.807, 2.05) is 24.5 Å². The predicted molar refractivity (Wildman–Crippen MR) is 106 cm³/mol. The predicted octanol–water partition coefficient (Wildman–Crippen LogP) is 3.18. The van der Waals surface area contributed by atoms with Crippen LogP contribution in [0.15, 0.2) is 64.1 Å². The van der Waals surface area contributed by atoms with Gasteiger partial charge in [0.25, 0.3) is 5.84 Å². The number of benzene rings is 1. The van der Waals surface area contributed by atoms with Crippen molar-refractivity contribution in [1.82, 2.24) is 4.98 Å². The van der Waals surface area contributed by atoms with Crippen LogP contribution in [0.5, 0.6) is 0 Å². The summed E-state index contributed by atoms with van der Waals surface area (Å²) in [5, 5.41) is 10.6. The summed E-state index contributed by atoms with van der Waals surface area (Å²) in [5.41, 5.74) is 4.03. The van der Waals surface area contributed by atoms with Crippen LogP contribution < -0.4 is 5.84 Å². The van der Waals surface area contributed by atoms with Gasteiger partial charge in [-0.05, 0) is 43.7 Å². The van der Waals surface area contributed by atoms with Gasteiger partial charge in [-0.3, -0.25) is 4.99 Å². The molecular formula is C21H24N5O+. The van der Waals surface area contributed by atoms with Crippen molar-refractivity contribution in [1.29, 1.82) is 0 Å². The molecule has 3 heterocycles. The van der Waals surface area contributed by atoms with E-state index >= 15 is 0 Å². The number of aliphatic hydroxyl groups is 1. The van der Waals surface area contributed by atoms with Crippen molar-refractivity contribution in [2.24, 2.45) is 27.7 Å². The molecule has 1 aromatic heterocycles. The van der Waals surface area contributed by atoms with Crippen molar-refractivity contribution in [2.75, 3.05) is 6.61 Å². The summed E-state index contributed by atoms with van der Waals surface area (Å²) in [6.45, 7) is 0.281. The number of hydrogen-bond acceptors (Lipinski definition) is 4. The highest BCUT2D eigenvalue weighted by molar-refractivity contribution is 6.02. The summed E-state index contributed by atoms with van der Waals surface area (Å²) in [6, 6.07) is 10.3. The average Bonchev–Trinajstić information content (AvgIpc) is 3.26. The number of amidine groups is 1. The van der Waals surface area contributed by atoms with E-state index in [-0.39, 0.29) is 11.2 Å². The first-order valence-electron chi connectivity index (χ1n) is 9.60. The maximum Gasteiger partial charge on any atom is 0.281 e. The number of aliphatic hydroxyl groups excluding tert-OH is 1. The summed E-state index contributed by atoms with van der Waals surface area (Å²) in [5.74, 6) is 8.42. The van der Waals surface area contributed by atoms with Crippen molar-refractivity contribution < 1.29 is 9.70 Å². The number of hydrogen-bond donors (Lipinski definition) is 3. The topological polar surface area (TPSA) is 86.8 Å². The summed E-state index contributed by atoms with van der Waals surface area (Å²) in [6.07, 6.45) is 9.63. The highest BCUT2D eigenvalue weighted by atomic mass is 16.3. The molecule has 0 spiro atoms. The van der Waals surface area contributed by atoms with Crippen molar-refractivity contribution in [3.8, 4) is 0 Å². The zero-order valence-corrected chi connectivity index (χ0v) is 15.2. The monoisotopic (exact) mass is 362 g/mol. The molecule has 4 N–H and O–H groups in total. The van der Waals surface area contributed by atoms with Gasteiger partial charge in [-0.2, -0.15) is 10.8 Å². The van der Waals surface area contributed by atoms with E-state index in [4.69, 9.17) is 10.8 Å². The molecule has 0 bridgehead atoms. The lowest BCUT2D eigenvalue weighted by Gasteiger charge is -2.28. The number of aromatic nitrogens is 1. The fourth-order valence-corrected chi connectivity index (χ4v) is 4.50. The standard InChI is InChI=1S/C21H24N5O/c22-26-10-9-23-12-19(26)20(15-7-5-14(13-27)6-8-15)25-21(26)18-11-16-3-1-2-4-17(16)24-18/h1-4,9-12,14-15,24,27H,5-8,13,22H2/q+1. The molecule has 1 unspecified atom stereocenters. The Bertz CT molecular complexity index is 974. The summed E-state index contributed by atoms with van der Waals surface area (Å²) >= 11 is 0. The largest absolute Gasteiger partial charge is 0.396 e. The molecule has 0 saturated heterocycles. The van der Waals surface area contributed by atoms with Crippen molar-refractivity contribution in [3.05, 3.63) is 59.8 Å². The maximum atomic E-state index is 9.43. The van der Waals surface area contributed by atoms with E-state index < -0.39 is 0 Å². The average molecular weight is 362 g/mol. The number of aromatic amines is 1. The molecule has 6 nitrogen and oxygen atoms in total. The number of para-hydroxylation sites is 1. The first kappa shape index (κ1) is 16.6. The summed E-state index contributed by atoms with van der Waals surface area (Å²) in [4.78, 5) is 12.9. The Kier molecular flexibility index (Phi) is 3.86. The third kappa shape index (κ3) is 2.60. The van der Waals surface area contributed by atoms with Crippen LogP contribution in [-0.4, -0.2) is 33.3 Å². The zero-order valence-electron chi connectivity index (χ0n) is 15.2. The number of fused-ring (bicyclic) bond motifs is 2. The van der Waals surface area contributed by atoms with E-state index in [1.54, 1.807) is 6.20 Å². The third-order valence-electron chi connectivity index (χ3n) is 6.09. The number of allylic oxidation sites excluding steroid dienone is 2. The molecule has 0 amide bonds. The fraction of sp³-hybridized carbons (Fsp3) is 0.333. The van der Waals surface area contributed by atoms with Gasteiger partial charge in [0.2, 0.25) is 5.70 Å². The molecular weight excluding hydrogens is 338 g/mol. The zero-order chi connectivity index (χ0) is 18.4. The number of nitrogens with one attached hydrogen (secondary N) is 1. The number of quaternary nitrogens is 1. The van der Waals surface area contributed by atoms with Crippen LogP contribution in [-0.2, 0) is 0 Å². The molecule has 5 rings (SSSR count). The van der Waals surface area contributed by atoms with Gasteiger partial charge in [-0.25, -0.2) is 0 Å². The molecule has 1 saturated carbocycles.